The van der Waals surface area contributed by atoms with Crippen LogP contribution in [0.15, 0.2) is 24.3 Å². The van der Waals surface area contributed by atoms with Crippen LogP contribution in [-0.4, -0.2) is 30.9 Å². The average Bonchev–Trinajstić information content (AvgIpc) is 2.45. The summed E-state index contributed by atoms with van der Waals surface area (Å²) in [6.07, 6.45) is 1.74. The zero-order valence-corrected chi connectivity index (χ0v) is 13.4. The second-order valence-electron chi connectivity index (χ2n) is 6.44. The molecule has 0 aromatic heterocycles. The van der Waals surface area contributed by atoms with Gasteiger partial charge in [-0.15, -0.1) is 0 Å². The number of benzene rings is 1. The quantitative estimate of drug-likeness (QED) is 0.596. The largest absolute Gasteiger partial charge is 0.466 e. The Kier molecular flexibility index (Phi) is 3.74. The number of hydrogen-bond donors (Lipinski definition) is 0. The van der Waals surface area contributed by atoms with E-state index in [-0.39, 0.29) is 11.8 Å². The van der Waals surface area contributed by atoms with Crippen molar-refractivity contribution >= 4 is 17.7 Å². The van der Waals surface area contributed by atoms with Gasteiger partial charge >= 0.3 is 11.9 Å². The van der Waals surface area contributed by atoms with Crippen molar-refractivity contribution in [1.82, 2.24) is 0 Å². The van der Waals surface area contributed by atoms with E-state index >= 15 is 0 Å². The molecule has 0 atom stereocenters. The van der Waals surface area contributed by atoms with Crippen LogP contribution >= 0.6 is 0 Å². The van der Waals surface area contributed by atoms with Crippen LogP contribution in [0, 0.1) is 10.8 Å². The van der Waals surface area contributed by atoms with Crippen molar-refractivity contribution in [1.29, 1.82) is 0 Å². The van der Waals surface area contributed by atoms with Crippen LogP contribution in [0.5, 0.6) is 0 Å². The van der Waals surface area contributed by atoms with Crippen LogP contribution < -0.4 is 0 Å². The van der Waals surface area contributed by atoms with E-state index in [1.807, 2.05) is 0 Å². The van der Waals surface area contributed by atoms with E-state index in [0.717, 1.165) is 0 Å². The summed E-state index contributed by atoms with van der Waals surface area (Å²) < 4.78 is 10.0. The summed E-state index contributed by atoms with van der Waals surface area (Å²) in [5, 5.41) is 0. The fraction of sp³-hybridized carbons (Fsp3) is 0.500. The molecule has 3 saturated carbocycles. The smallest absolute Gasteiger partial charge is 0.338 e. The lowest BCUT2D eigenvalue weighted by atomic mass is 9.33. The molecule has 3 aliphatic carbocycles. The maximum Gasteiger partial charge on any atom is 0.338 e. The maximum absolute atomic E-state index is 12.6. The van der Waals surface area contributed by atoms with Gasteiger partial charge in [0.05, 0.1) is 24.2 Å². The molecular weight excluding hydrogens is 296 g/mol. The predicted octanol–water partition coefficient (Wildman–Crippen LogP) is 2.78. The minimum atomic E-state index is -0.420. The van der Waals surface area contributed by atoms with Gasteiger partial charge in [0.1, 0.15) is 0 Å². The lowest BCUT2D eigenvalue weighted by molar-refractivity contribution is -0.209. The molecule has 0 heterocycles. The molecule has 0 N–H and O–H groups in total. The third-order valence-corrected chi connectivity index (χ3v) is 4.88. The molecule has 4 rings (SSSR count). The van der Waals surface area contributed by atoms with Gasteiger partial charge in [-0.25, -0.2) is 4.79 Å². The molecule has 0 radical (unpaired) electrons. The molecular formula is C18H20O5. The van der Waals surface area contributed by atoms with E-state index in [2.05, 4.69) is 0 Å². The normalized spacial score (nSPS) is 27.4. The summed E-state index contributed by atoms with van der Waals surface area (Å²) in [6, 6.07) is 6.54. The Bertz CT molecular complexity index is 639. The summed E-state index contributed by atoms with van der Waals surface area (Å²) in [5.74, 6) is -0.510. The van der Waals surface area contributed by atoms with Gasteiger partial charge in [-0.05, 0) is 45.2 Å². The van der Waals surface area contributed by atoms with Crippen LogP contribution in [0.4, 0.5) is 0 Å². The number of ketones is 1. The molecule has 0 aliphatic heterocycles. The summed E-state index contributed by atoms with van der Waals surface area (Å²) >= 11 is 0. The van der Waals surface area contributed by atoms with E-state index < -0.39 is 16.8 Å². The van der Waals surface area contributed by atoms with Gasteiger partial charge in [-0.1, -0.05) is 12.1 Å². The van der Waals surface area contributed by atoms with Crippen molar-refractivity contribution in [2.75, 3.05) is 13.2 Å². The van der Waals surface area contributed by atoms with Crippen molar-refractivity contribution in [2.24, 2.45) is 10.8 Å². The fourth-order valence-corrected chi connectivity index (χ4v) is 3.81. The van der Waals surface area contributed by atoms with Gasteiger partial charge in [0.15, 0.2) is 5.78 Å². The van der Waals surface area contributed by atoms with Gasteiger partial charge in [0.25, 0.3) is 0 Å². The lowest BCUT2D eigenvalue weighted by Gasteiger charge is -2.67. The molecule has 5 nitrogen and oxygen atoms in total. The Hall–Kier alpha value is -2.17. The van der Waals surface area contributed by atoms with Gasteiger partial charge in [0, 0.05) is 11.0 Å². The van der Waals surface area contributed by atoms with Gasteiger partial charge < -0.3 is 9.47 Å². The second-order valence-corrected chi connectivity index (χ2v) is 6.44. The monoisotopic (exact) mass is 316 g/mol. The first-order valence-corrected chi connectivity index (χ1v) is 7.95. The molecule has 0 saturated heterocycles. The first kappa shape index (κ1) is 15.7. The number of esters is 2. The third-order valence-electron chi connectivity index (χ3n) is 4.88. The summed E-state index contributed by atoms with van der Waals surface area (Å²) in [4.78, 5) is 36.1. The van der Waals surface area contributed by atoms with Crippen LogP contribution in [0.1, 0.15) is 53.8 Å². The zero-order chi connectivity index (χ0) is 16.7. The first-order valence-electron chi connectivity index (χ1n) is 7.95. The van der Waals surface area contributed by atoms with Crippen LogP contribution in [0.3, 0.4) is 0 Å². The Morgan fingerprint density at radius 1 is 0.870 bits per heavy atom. The molecule has 122 valence electrons. The van der Waals surface area contributed by atoms with E-state index in [9.17, 15) is 14.4 Å². The number of rotatable bonds is 6. The molecule has 0 spiro atoms. The van der Waals surface area contributed by atoms with E-state index in [0.29, 0.717) is 43.6 Å². The average molecular weight is 316 g/mol. The minimum Gasteiger partial charge on any atom is -0.466 e. The van der Waals surface area contributed by atoms with Crippen LogP contribution in [0.2, 0.25) is 0 Å². The van der Waals surface area contributed by atoms with Gasteiger partial charge in [-0.2, -0.15) is 0 Å². The van der Waals surface area contributed by atoms with E-state index in [1.54, 1.807) is 38.1 Å². The second kappa shape index (κ2) is 5.48. The summed E-state index contributed by atoms with van der Waals surface area (Å²) in [5.41, 5.74) is 0.188. The molecule has 1 aromatic carbocycles. The number of carbonyl (C=O) groups is 3. The van der Waals surface area contributed by atoms with Crippen LogP contribution in [-0.2, 0) is 14.3 Å². The third kappa shape index (κ3) is 2.35. The highest BCUT2D eigenvalue weighted by Crippen LogP contribution is 2.74. The molecule has 5 heteroatoms. The molecule has 1 aromatic rings. The van der Waals surface area contributed by atoms with Crippen molar-refractivity contribution in [3.63, 3.8) is 0 Å². The number of hydrogen-bond acceptors (Lipinski definition) is 5. The predicted molar refractivity (Wildman–Crippen MR) is 82.1 cm³/mol. The fourth-order valence-electron chi connectivity index (χ4n) is 3.81. The highest BCUT2D eigenvalue weighted by molar-refractivity contribution is 6.05. The zero-order valence-electron chi connectivity index (χ0n) is 13.4. The highest BCUT2D eigenvalue weighted by Gasteiger charge is 2.75. The van der Waals surface area contributed by atoms with E-state index in [4.69, 9.17) is 9.47 Å². The van der Waals surface area contributed by atoms with Crippen LogP contribution in [0.25, 0.3) is 0 Å². The van der Waals surface area contributed by atoms with Crippen molar-refractivity contribution in [2.45, 2.75) is 33.1 Å². The number of Topliss-reactive ketones (excluding diaryl/α,β-unsaturated/α-hetero) is 1. The Labute approximate surface area is 135 Å². The summed E-state index contributed by atoms with van der Waals surface area (Å²) in [7, 11) is 0. The molecule has 0 amide bonds. The van der Waals surface area contributed by atoms with Crippen molar-refractivity contribution in [3.05, 3.63) is 35.4 Å². The Morgan fingerprint density at radius 3 is 1.91 bits per heavy atom. The number of ether oxygens (including phenoxy) is 2. The first-order chi connectivity index (χ1) is 11.0. The molecule has 2 bridgehead atoms. The summed E-state index contributed by atoms with van der Waals surface area (Å²) in [6.45, 7) is 4.22. The molecule has 3 fully saturated rings. The minimum absolute atomic E-state index is 0.0547. The Balaban J connectivity index is 1.65. The van der Waals surface area contributed by atoms with Gasteiger partial charge in [-0.3, -0.25) is 9.59 Å². The highest BCUT2D eigenvalue weighted by atomic mass is 16.5. The Morgan fingerprint density at radius 2 is 1.39 bits per heavy atom. The van der Waals surface area contributed by atoms with Crippen molar-refractivity contribution < 1.29 is 23.9 Å². The van der Waals surface area contributed by atoms with Gasteiger partial charge in [0.2, 0.25) is 0 Å². The SMILES string of the molecule is CCOC(=O)c1ccc(C(=O)[C@]23C[C@](C(=O)OCC)(C2)C3)cc1. The molecule has 23 heavy (non-hydrogen) atoms. The molecule has 0 unspecified atom stereocenters. The number of carbonyl (C=O) groups excluding carboxylic acids is 3. The van der Waals surface area contributed by atoms with E-state index in [1.165, 1.54) is 0 Å². The maximum atomic E-state index is 12.6. The van der Waals surface area contributed by atoms with Crippen molar-refractivity contribution in [3.8, 4) is 0 Å². The molecule has 3 aliphatic rings. The standard InChI is InChI=1S/C18H20O5/c1-3-22-15(20)13-7-5-12(6-8-13)14(19)17-9-18(10-17,11-17)16(21)23-4-2/h5-8H,3-4,9-11H2,1-2H3/t17-,18+. The lowest BCUT2D eigenvalue weighted by Crippen LogP contribution is -2.68. The topological polar surface area (TPSA) is 69.7 Å².